The van der Waals surface area contributed by atoms with Crippen LogP contribution in [0.15, 0.2) is 0 Å². The third kappa shape index (κ3) is 4.11. The van der Waals surface area contributed by atoms with Crippen LogP contribution in [0.2, 0.25) is 0 Å². The summed E-state index contributed by atoms with van der Waals surface area (Å²) in [6.45, 7) is 3.46. The number of aliphatic hydroxyl groups excluding tert-OH is 1. The van der Waals surface area contributed by atoms with Crippen LogP contribution >= 0.6 is 15.9 Å². The molecule has 0 bridgehead atoms. The van der Waals surface area contributed by atoms with E-state index >= 15 is 0 Å². The number of amides is 1. The van der Waals surface area contributed by atoms with Gasteiger partial charge in [0.2, 0.25) is 5.91 Å². The van der Waals surface area contributed by atoms with Gasteiger partial charge in [-0.25, -0.2) is 0 Å². The van der Waals surface area contributed by atoms with Crippen molar-refractivity contribution >= 4 is 21.8 Å². The molecule has 0 saturated carbocycles. The number of halogens is 1. The number of carbonyl (C=O) groups excluding carboxylic acids is 1. The Bertz CT molecular complexity index is 211. The monoisotopic (exact) mass is 277 g/mol. The van der Waals surface area contributed by atoms with Crippen molar-refractivity contribution in [1.29, 1.82) is 0 Å². The van der Waals surface area contributed by atoms with Gasteiger partial charge in [-0.3, -0.25) is 4.79 Å². The zero-order valence-electron chi connectivity index (χ0n) is 9.29. The molecule has 1 amide bonds. The molecule has 1 fully saturated rings. The second kappa shape index (κ2) is 6.48. The maximum Gasteiger partial charge on any atom is 0.222 e. The third-order valence-corrected chi connectivity index (χ3v) is 3.86. The first-order chi connectivity index (χ1) is 7.17. The zero-order chi connectivity index (χ0) is 11.3. The van der Waals surface area contributed by atoms with E-state index in [1.54, 1.807) is 0 Å². The van der Waals surface area contributed by atoms with Gasteiger partial charge in [-0.1, -0.05) is 29.3 Å². The first kappa shape index (κ1) is 13.0. The SMILES string of the molecule is CCC1CCC(=O)N(CC(O)CBr)CC1. The second-order valence-corrected chi connectivity index (χ2v) is 4.90. The summed E-state index contributed by atoms with van der Waals surface area (Å²) in [6, 6.07) is 0. The molecule has 1 saturated heterocycles. The summed E-state index contributed by atoms with van der Waals surface area (Å²) < 4.78 is 0. The largest absolute Gasteiger partial charge is 0.390 e. The number of carbonyl (C=O) groups is 1. The Morgan fingerprint density at radius 3 is 2.93 bits per heavy atom. The Balaban J connectivity index is 2.46. The van der Waals surface area contributed by atoms with E-state index in [0.29, 0.717) is 24.2 Å². The van der Waals surface area contributed by atoms with Crippen molar-refractivity contribution in [3.63, 3.8) is 0 Å². The number of alkyl halides is 1. The Kier molecular flexibility index (Phi) is 5.61. The molecule has 4 heteroatoms. The molecule has 0 aromatic rings. The molecule has 1 heterocycles. The number of β-amino-alcohol motifs (C(OH)–C–C–N with tert-alkyl or cyclic N) is 1. The number of nitrogens with zero attached hydrogens (tertiary/aromatic N) is 1. The normalized spacial score (nSPS) is 25.1. The molecule has 1 aliphatic rings. The molecule has 0 aliphatic carbocycles. The van der Waals surface area contributed by atoms with Crippen LogP contribution in [0.4, 0.5) is 0 Å². The molecule has 1 rings (SSSR count). The lowest BCUT2D eigenvalue weighted by atomic mass is 9.98. The van der Waals surface area contributed by atoms with Gasteiger partial charge in [0.15, 0.2) is 0 Å². The fourth-order valence-electron chi connectivity index (χ4n) is 2.00. The van der Waals surface area contributed by atoms with Crippen molar-refractivity contribution in [3.05, 3.63) is 0 Å². The van der Waals surface area contributed by atoms with Crippen LogP contribution in [0.3, 0.4) is 0 Å². The highest BCUT2D eigenvalue weighted by Crippen LogP contribution is 2.21. The Hall–Kier alpha value is -0.0900. The zero-order valence-corrected chi connectivity index (χ0v) is 10.9. The van der Waals surface area contributed by atoms with Crippen molar-refractivity contribution in [2.75, 3.05) is 18.4 Å². The minimum absolute atomic E-state index is 0.200. The quantitative estimate of drug-likeness (QED) is 0.796. The van der Waals surface area contributed by atoms with Gasteiger partial charge in [-0.2, -0.15) is 0 Å². The minimum atomic E-state index is -0.438. The summed E-state index contributed by atoms with van der Waals surface area (Å²) in [4.78, 5) is 13.5. The van der Waals surface area contributed by atoms with E-state index < -0.39 is 6.10 Å². The van der Waals surface area contributed by atoms with E-state index in [2.05, 4.69) is 22.9 Å². The van der Waals surface area contributed by atoms with Crippen LogP contribution in [-0.4, -0.2) is 40.4 Å². The summed E-state index contributed by atoms with van der Waals surface area (Å²) in [5.74, 6) is 0.881. The molecule has 88 valence electrons. The van der Waals surface area contributed by atoms with E-state index in [1.165, 1.54) is 0 Å². The number of hydrogen-bond donors (Lipinski definition) is 1. The van der Waals surface area contributed by atoms with Gasteiger partial charge in [0.25, 0.3) is 0 Å². The van der Waals surface area contributed by atoms with Gasteiger partial charge in [-0.05, 0) is 18.8 Å². The molecule has 0 spiro atoms. The Morgan fingerprint density at radius 2 is 2.33 bits per heavy atom. The lowest BCUT2D eigenvalue weighted by Gasteiger charge is -2.23. The maximum absolute atomic E-state index is 11.7. The standard InChI is InChI=1S/C11H20BrNO2/c1-2-9-3-4-11(15)13(6-5-9)8-10(14)7-12/h9-10,14H,2-8H2,1H3. The van der Waals surface area contributed by atoms with Crippen molar-refractivity contribution in [2.45, 2.75) is 38.7 Å². The first-order valence-corrected chi connectivity index (χ1v) is 6.81. The molecule has 1 N–H and O–H groups in total. The van der Waals surface area contributed by atoms with Gasteiger partial charge >= 0.3 is 0 Å². The van der Waals surface area contributed by atoms with E-state index in [1.807, 2.05) is 4.90 Å². The van der Waals surface area contributed by atoms with Gasteiger partial charge in [0.1, 0.15) is 0 Å². The van der Waals surface area contributed by atoms with E-state index in [-0.39, 0.29) is 5.91 Å². The molecule has 1 aliphatic heterocycles. The van der Waals surface area contributed by atoms with Crippen molar-refractivity contribution in [2.24, 2.45) is 5.92 Å². The smallest absolute Gasteiger partial charge is 0.222 e. The fourth-order valence-corrected chi connectivity index (χ4v) is 2.20. The average Bonchev–Trinajstić information content (AvgIpc) is 2.42. The van der Waals surface area contributed by atoms with Crippen LogP contribution < -0.4 is 0 Å². The van der Waals surface area contributed by atoms with E-state index in [9.17, 15) is 9.90 Å². The number of likely N-dealkylation sites (tertiary alicyclic amines) is 1. The van der Waals surface area contributed by atoms with Crippen molar-refractivity contribution < 1.29 is 9.90 Å². The molecule has 0 aromatic heterocycles. The lowest BCUT2D eigenvalue weighted by molar-refractivity contribution is -0.131. The van der Waals surface area contributed by atoms with Crippen LogP contribution in [0.5, 0.6) is 0 Å². The molecule has 0 aromatic carbocycles. The summed E-state index contributed by atoms with van der Waals surface area (Å²) in [5, 5.41) is 10.0. The fraction of sp³-hybridized carbons (Fsp3) is 0.909. The topological polar surface area (TPSA) is 40.5 Å². The van der Waals surface area contributed by atoms with Crippen molar-refractivity contribution in [3.8, 4) is 0 Å². The molecular weight excluding hydrogens is 258 g/mol. The Morgan fingerprint density at radius 1 is 1.60 bits per heavy atom. The van der Waals surface area contributed by atoms with Gasteiger partial charge in [0, 0.05) is 24.8 Å². The molecular formula is C11H20BrNO2. The maximum atomic E-state index is 11.7. The highest BCUT2D eigenvalue weighted by molar-refractivity contribution is 9.09. The summed E-state index contributed by atoms with van der Waals surface area (Å²) >= 11 is 3.22. The Labute approximate surface area is 100.0 Å². The molecule has 2 unspecified atom stereocenters. The molecule has 15 heavy (non-hydrogen) atoms. The molecule has 0 radical (unpaired) electrons. The van der Waals surface area contributed by atoms with Crippen LogP contribution in [0, 0.1) is 5.92 Å². The predicted octanol–water partition coefficient (Wildman–Crippen LogP) is 1.78. The van der Waals surface area contributed by atoms with E-state index in [0.717, 1.165) is 25.8 Å². The van der Waals surface area contributed by atoms with E-state index in [4.69, 9.17) is 0 Å². The highest BCUT2D eigenvalue weighted by Gasteiger charge is 2.22. The summed E-state index contributed by atoms with van der Waals surface area (Å²) in [7, 11) is 0. The second-order valence-electron chi connectivity index (χ2n) is 4.25. The van der Waals surface area contributed by atoms with Gasteiger partial charge in [0.05, 0.1) is 6.10 Å². The average molecular weight is 278 g/mol. The number of aliphatic hydroxyl groups is 1. The highest BCUT2D eigenvalue weighted by atomic mass is 79.9. The lowest BCUT2D eigenvalue weighted by Crippen LogP contribution is -2.37. The molecule has 3 nitrogen and oxygen atoms in total. The number of hydrogen-bond acceptors (Lipinski definition) is 2. The van der Waals surface area contributed by atoms with Crippen LogP contribution in [0.1, 0.15) is 32.6 Å². The minimum Gasteiger partial charge on any atom is -0.390 e. The van der Waals surface area contributed by atoms with Gasteiger partial charge < -0.3 is 10.0 Å². The number of rotatable bonds is 4. The molecule has 2 atom stereocenters. The van der Waals surface area contributed by atoms with Crippen LogP contribution in [0.25, 0.3) is 0 Å². The van der Waals surface area contributed by atoms with Crippen molar-refractivity contribution in [1.82, 2.24) is 4.90 Å². The van der Waals surface area contributed by atoms with Gasteiger partial charge in [-0.15, -0.1) is 0 Å². The predicted molar refractivity (Wildman–Crippen MR) is 64.0 cm³/mol. The third-order valence-electron chi connectivity index (χ3n) is 3.11. The van der Waals surface area contributed by atoms with Crippen LogP contribution in [-0.2, 0) is 4.79 Å². The summed E-state index contributed by atoms with van der Waals surface area (Å²) in [6.07, 6.45) is 3.45. The first-order valence-electron chi connectivity index (χ1n) is 5.69. The summed E-state index contributed by atoms with van der Waals surface area (Å²) in [5.41, 5.74) is 0.